The van der Waals surface area contributed by atoms with Crippen molar-refractivity contribution < 1.29 is 14.0 Å². The van der Waals surface area contributed by atoms with Crippen LogP contribution in [0.4, 0.5) is 0 Å². The molecule has 1 aliphatic rings. The number of nitrogens with zero attached hydrogens (tertiary/aromatic N) is 2. The van der Waals surface area contributed by atoms with Crippen LogP contribution < -0.4 is 11.1 Å². The number of amides is 2. The molecule has 0 aromatic carbocycles. The SMILES string of the molecule is CCC(N)c1nc(C(=O)NCCCN2CCCC2=O)co1. The zero-order valence-corrected chi connectivity index (χ0v) is 12.3. The van der Waals surface area contributed by atoms with Gasteiger partial charge in [0, 0.05) is 26.1 Å². The first-order chi connectivity index (χ1) is 10.1. The van der Waals surface area contributed by atoms with Crippen LogP contribution in [0.15, 0.2) is 10.7 Å². The van der Waals surface area contributed by atoms with Gasteiger partial charge in [-0.05, 0) is 19.3 Å². The number of rotatable bonds is 7. The normalized spacial score (nSPS) is 16.3. The zero-order chi connectivity index (χ0) is 15.2. The van der Waals surface area contributed by atoms with Gasteiger partial charge in [0.2, 0.25) is 11.8 Å². The molecule has 2 heterocycles. The molecule has 0 saturated carbocycles. The molecule has 1 aliphatic heterocycles. The van der Waals surface area contributed by atoms with Gasteiger partial charge in [0.25, 0.3) is 5.91 Å². The van der Waals surface area contributed by atoms with Crippen molar-refractivity contribution in [3.63, 3.8) is 0 Å². The van der Waals surface area contributed by atoms with E-state index in [1.165, 1.54) is 6.26 Å². The Balaban J connectivity index is 1.72. The maximum absolute atomic E-state index is 11.9. The number of nitrogens with one attached hydrogen (secondary N) is 1. The third-order valence-electron chi connectivity index (χ3n) is 3.57. The van der Waals surface area contributed by atoms with Crippen LogP contribution in [0.5, 0.6) is 0 Å². The van der Waals surface area contributed by atoms with Gasteiger partial charge in [0.15, 0.2) is 5.69 Å². The van der Waals surface area contributed by atoms with E-state index in [4.69, 9.17) is 10.2 Å². The van der Waals surface area contributed by atoms with Crippen molar-refractivity contribution in [1.29, 1.82) is 0 Å². The van der Waals surface area contributed by atoms with Crippen molar-refractivity contribution in [1.82, 2.24) is 15.2 Å². The molecule has 0 bridgehead atoms. The number of carbonyl (C=O) groups excluding carboxylic acids is 2. The highest BCUT2D eigenvalue weighted by molar-refractivity contribution is 5.91. The van der Waals surface area contributed by atoms with Gasteiger partial charge in [-0.1, -0.05) is 6.92 Å². The van der Waals surface area contributed by atoms with Crippen molar-refractivity contribution in [3.8, 4) is 0 Å². The summed E-state index contributed by atoms with van der Waals surface area (Å²) in [5, 5.41) is 2.77. The van der Waals surface area contributed by atoms with Gasteiger partial charge in [-0.15, -0.1) is 0 Å². The Kier molecular flexibility index (Phi) is 5.32. The Morgan fingerprint density at radius 1 is 1.62 bits per heavy atom. The molecule has 1 aromatic rings. The first-order valence-corrected chi connectivity index (χ1v) is 7.38. The number of nitrogens with two attached hydrogens (primary N) is 1. The standard InChI is InChI=1S/C14H22N4O3/c1-2-10(15)14-17-11(9-21-14)13(20)16-6-4-8-18-7-3-5-12(18)19/h9-10H,2-8,15H2,1H3,(H,16,20). The number of aromatic nitrogens is 1. The second kappa shape index (κ2) is 7.21. The zero-order valence-electron chi connectivity index (χ0n) is 12.3. The van der Waals surface area contributed by atoms with E-state index in [1.54, 1.807) is 0 Å². The smallest absolute Gasteiger partial charge is 0.273 e. The van der Waals surface area contributed by atoms with Gasteiger partial charge in [-0.3, -0.25) is 9.59 Å². The number of likely N-dealkylation sites (tertiary alicyclic amines) is 1. The third kappa shape index (κ3) is 4.04. The molecule has 1 aromatic heterocycles. The van der Waals surface area contributed by atoms with E-state index in [2.05, 4.69) is 10.3 Å². The van der Waals surface area contributed by atoms with Gasteiger partial charge >= 0.3 is 0 Å². The molecule has 3 N–H and O–H groups in total. The molecular formula is C14H22N4O3. The molecule has 1 atom stereocenters. The molecule has 1 unspecified atom stereocenters. The summed E-state index contributed by atoms with van der Waals surface area (Å²) in [5.41, 5.74) is 6.03. The van der Waals surface area contributed by atoms with Gasteiger partial charge < -0.3 is 20.4 Å². The number of carbonyl (C=O) groups is 2. The molecule has 116 valence electrons. The molecule has 0 aliphatic carbocycles. The summed E-state index contributed by atoms with van der Waals surface area (Å²) in [6.45, 7) is 3.94. The Hall–Kier alpha value is -1.89. The molecule has 21 heavy (non-hydrogen) atoms. The molecule has 0 spiro atoms. The predicted molar refractivity (Wildman–Crippen MR) is 76.5 cm³/mol. The summed E-state index contributed by atoms with van der Waals surface area (Å²) in [6, 6.07) is -0.285. The van der Waals surface area contributed by atoms with E-state index in [0.29, 0.717) is 31.8 Å². The van der Waals surface area contributed by atoms with Crippen molar-refractivity contribution in [3.05, 3.63) is 17.8 Å². The van der Waals surface area contributed by atoms with Crippen molar-refractivity contribution in [2.45, 2.75) is 38.6 Å². The molecule has 7 nitrogen and oxygen atoms in total. The molecule has 1 fully saturated rings. The van der Waals surface area contributed by atoms with Crippen LogP contribution in [0.2, 0.25) is 0 Å². The summed E-state index contributed by atoms with van der Waals surface area (Å²) < 4.78 is 5.19. The van der Waals surface area contributed by atoms with Crippen LogP contribution in [0, 0.1) is 0 Å². The van der Waals surface area contributed by atoms with Crippen LogP contribution in [0.3, 0.4) is 0 Å². The fourth-order valence-corrected chi connectivity index (χ4v) is 2.24. The first-order valence-electron chi connectivity index (χ1n) is 7.38. The number of hydrogen-bond donors (Lipinski definition) is 2. The molecular weight excluding hydrogens is 272 g/mol. The minimum Gasteiger partial charge on any atom is -0.446 e. The first kappa shape index (κ1) is 15.5. The monoisotopic (exact) mass is 294 g/mol. The van der Waals surface area contributed by atoms with Gasteiger partial charge in [0.05, 0.1) is 6.04 Å². The maximum Gasteiger partial charge on any atom is 0.273 e. The number of oxazole rings is 1. The second-order valence-corrected chi connectivity index (χ2v) is 5.18. The molecule has 2 rings (SSSR count). The van der Waals surface area contributed by atoms with Crippen molar-refractivity contribution in [2.75, 3.05) is 19.6 Å². The highest BCUT2D eigenvalue weighted by Crippen LogP contribution is 2.13. The highest BCUT2D eigenvalue weighted by atomic mass is 16.3. The summed E-state index contributed by atoms with van der Waals surface area (Å²) in [4.78, 5) is 29.2. The summed E-state index contributed by atoms with van der Waals surface area (Å²) in [7, 11) is 0. The maximum atomic E-state index is 11.9. The summed E-state index contributed by atoms with van der Waals surface area (Å²) >= 11 is 0. The van der Waals surface area contributed by atoms with Gasteiger partial charge in [-0.25, -0.2) is 4.98 Å². The summed E-state index contributed by atoms with van der Waals surface area (Å²) in [6.07, 6.45) is 4.34. The highest BCUT2D eigenvalue weighted by Gasteiger charge is 2.19. The van der Waals surface area contributed by atoms with Crippen LogP contribution in [0.1, 0.15) is 55.0 Å². The van der Waals surface area contributed by atoms with E-state index >= 15 is 0 Å². The lowest BCUT2D eigenvalue weighted by Crippen LogP contribution is -2.30. The van der Waals surface area contributed by atoms with Crippen LogP contribution >= 0.6 is 0 Å². The Morgan fingerprint density at radius 3 is 3.10 bits per heavy atom. The minimum absolute atomic E-state index is 0.205. The quantitative estimate of drug-likeness (QED) is 0.725. The Bertz CT molecular complexity index is 500. The average molecular weight is 294 g/mol. The summed E-state index contributed by atoms with van der Waals surface area (Å²) in [5.74, 6) is 0.308. The molecule has 0 radical (unpaired) electrons. The van der Waals surface area contributed by atoms with Crippen LogP contribution in [-0.2, 0) is 4.79 Å². The molecule has 7 heteroatoms. The Labute approximate surface area is 123 Å². The largest absolute Gasteiger partial charge is 0.446 e. The lowest BCUT2D eigenvalue weighted by atomic mass is 10.2. The van der Waals surface area contributed by atoms with Gasteiger partial charge in [0.1, 0.15) is 6.26 Å². The molecule has 1 saturated heterocycles. The lowest BCUT2D eigenvalue weighted by molar-refractivity contribution is -0.127. The van der Waals surface area contributed by atoms with Crippen LogP contribution in [-0.4, -0.2) is 41.3 Å². The number of hydrogen-bond acceptors (Lipinski definition) is 5. The predicted octanol–water partition coefficient (Wildman–Crippen LogP) is 0.827. The van der Waals surface area contributed by atoms with E-state index < -0.39 is 0 Å². The van der Waals surface area contributed by atoms with Crippen LogP contribution in [0.25, 0.3) is 0 Å². The Morgan fingerprint density at radius 2 is 2.43 bits per heavy atom. The average Bonchev–Trinajstić information content (AvgIpc) is 3.12. The fraction of sp³-hybridized carbons (Fsp3) is 0.643. The van der Waals surface area contributed by atoms with E-state index in [-0.39, 0.29) is 23.6 Å². The van der Waals surface area contributed by atoms with E-state index in [9.17, 15) is 9.59 Å². The topological polar surface area (TPSA) is 101 Å². The lowest BCUT2D eigenvalue weighted by Gasteiger charge is -2.14. The second-order valence-electron chi connectivity index (χ2n) is 5.18. The minimum atomic E-state index is -0.285. The van der Waals surface area contributed by atoms with E-state index in [1.807, 2.05) is 11.8 Å². The van der Waals surface area contributed by atoms with Gasteiger partial charge in [-0.2, -0.15) is 0 Å². The van der Waals surface area contributed by atoms with Crippen molar-refractivity contribution >= 4 is 11.8 Å². The molecule has 2 amide bonds. The fourth-order valence-electron chi connectivity index (χ4n) is 2.24. The van der Waals surface area contributed by atoms with E-state index in [0.717, 1.165) is 19.4 Å². The third-order valence-corrected chi connectivity index (χ3v) is 3.57. The van der Waals surface area contributed by atoms with Crippen molar-refractivity contribution in [2.24, 2.45) is 5.73 Å².